The van der Waals surface area contributed by atoms with E-state index in [1.807, 2.05) is 12.1 Å². The molecule has 0 bridgehead atoms. The Morgan fingerprint density at radius 3 is 2.44 bits per heavy atom. The number of methoxy groups -OCH3 is 1. The fourth-order valence-corrected chi connectivity index (χ4v) is 3.58. The number of hydrogen-bond donors (Lipinski definition) is 0. The molecule has 1 saturated heterocycles. The minimum absolute atomic E-state index is 0.682. The molecule has 0 atom stereocenters. The molecule has 0 radical (unpaired) electrons. The van der Waals surface area contributed by atoms with Crippen LogP contribution in [0.4, 0.5) is 5.95 Å². The number of anilines is 1. The Balaban J connectivity index is 1.62. The maximum atomic E-state index is 5.49. The fourth-order valence-electron chi connectivity index (χ4n) is 3.58. The zero-order chi connectivity index (χ0) is 17.6. The van der Waals surface area contributed by atoms with Gasteiger partial charge in [-0.25, -0.2) is 4.98 Å². The van der Waals surface area contributed by atoms with Crippen LogP contribution in [0.3, 0.4) is 0 Å². The number of aromatic nitrogens is 3. The molecule has 25 heavy (non-hydrogen) atoms. The van der Waals surface area contributed by atoms with Crippen molar-refractivity contribution in [3.63, 3.8) is 0 Å². The summed E-state index contributed by atoms with van der Waals surface area (Å²) in [6.07, 6.45) is 5.18. The molecule has 134 valence electrons. The zero-order valence-electron chi connectivity index (χ0n) is 15.5. The third-order valence-corrected chi connectivity index (χ3v) is 5.10. The highest BCUT2D eigenvalue weighted by atomic mass is 16.5. The predicted molar refractivity (Wildman–Crippen MR) is 100 cm³/mol. The maximum Gasteiger partial charge on any atom is 0.245 e. The molecule has 1 aliphatic heterocycles. The lowest BCUT2D eigenvalue weighted by Gasteiger charge is -2.32. The molecule has 0 N–H and O–H groups in total. The molecular formula is C20H28N4O. The van der Waals surface area contributed by atoms with Gasteiger partial charge in [0.15, 0.2) is 0 Å². The first-order valence-electron chi connectivity index (χ1n) is 9.34. The minimum atomic E-state index is 0.682. The summed E-state index contributed by atoms with van der Waals surface area (Å²) in [5.41, 5.74) is 3.42. The van der Waals surface area contributed by atoms with Crippen LogP contribution in [-0.2, 0) is 19.3 Å². The Kier molecular flexibility index (Phi) is 5.84. The van der Waals surface area contributed by atoms with Gasteiger partial charge >= 0.3 is 0 Å². The first-order chi connectivity index (χ1) is 12.2. The van der Waals surface area contributed by atoms with Crippen LogP contribution >= 0.6 is 0 Å². The highest BCUT2D eigenvalue weighted by molar-refractivity contribution is 5.34. The van der Waals surface area contributed by atoms with Crippen LogP contribution in [0.5, 0.6) is 5.75 Å². The summed E-state index contributed by atoms with van der Waals surface area (Å²) >= 11 is 0. The Labute approximate surface area is 150 Å². The van der Waals surface area contributed by atoms with E-state index in [2.05, 4.69) is 41.1 Å². The van der Waals surface area contributed by atoms with Gasteiger partial charge in [0.05, 0.1) is 18.5 Å². The largest absolute Gasteiger partial charge is 0.496 e. The molecule has 5 nitrogen and oxygen atoms in total. The molecule has 2 heterocycles. The molecule has 1 aromatic carbocycles. The van der Waals surface area contributed by atoms with Gasteiger partial charge in [-0.15, -0.1) is 5.10 Å². The summed E-state index contributed by atoms with van der Waals surface area (Å²) in [6.45, 7) is 6.23. The normalized spacial score (nSPS) is 15.4. The Morgan fingerprint density at radius 2 is 1.76 bits per heavy atom. The van der Waals surface area contributed by atoms with Gasteiger partial charge in [-0.2, -0.15) is 5.10 Å². The summed E-state index contributed by atoms with van der Waals surface area (Å²) in [4.78, 5) is 7.04. The molecule has 0 unspecified atom stereocenters. The SMILES string of the molecule is CCc1nnc(N2CCC(Cc3ccccc3OC)CC2)nc1CC. The van der Waals surface area contributed by atoms with Gasteiger partial charge in [0.1, 0.15) is 5.75 Å². The van der Waals surface area contributed by atoms with Crippen molar-refractivity contribution in [2.75, 3.05) is 25.1 Å². The van der Waals surface area contributed by atoms with Crippen LogP contribution in [0, 0.1) is 5.92 Å². The molecule has 5 heteroatoms. The number of rotatable bonds is 6. The topological polar surface area (TPSA) is 51.1 Å². The number of ether oxygens (including phenoxy) is 1. The average molecular weight is 340 g/mol. The number of para-hydroxylation sites is 1. The Hall–Kier alpha value is -2.17. The standard InChI is InChI=1S/C20H28N4O/c1-4-17-18(5-2)22-23-20(21-17)24-12-10-15(11-13-24)14-16-8-6-7-9-19(16)25-3/h6-9,15H,4-5,10-14H2,1-3H3. The zero-order valence-corrected chi connectivity index (χ0v) is 15.5. The predicted octanol–water partition coefficient (Wildman–Crippen LogP) is 3.46. The second-order valence-corrected chi connectivity index (χ2v) is 6.66. The lowest BCUT2D eigenvalue weighted by molar-refractivity contribution is 0.379. The summed E-state index contributed by atoms with van der Waals surface area (Å²) in [6, 6.07) is 8.34. The molecule has 1 aromatic heterocycles. The van der Waals surface area contributed by atoms with E-state index in [9.17, 15) is 0 Å². The maximum absolute atomic E-state index is 5.49. The second kappa shape index (κ2) is 8.28. The first kappa shape index (κ1) is 17.6. The summed E-state index contributed by atoms with van der Waals surface area (Å²) in [5, 5.41) is 8.74. The van der Waals surface area contributed by atoms with Gasteiger partial charge in [0, 0.05) is 13.1 Å². The number of benzene rings is 1. The molecule has 1 aliphatic rings. The molecule has 0 aliphatic carbocycles. The van der Waals surface area contributed by atoms with Crippen LogP contribution < -0.4 is 9.64 Å². The molecule has 0 saturated carbocycles. The smallest absolute Gasteiger partial charge is 0.245 e. The van der Waals surface area contributed by atoms with Crippen molar-refractivity contribution < 1.29 is 4.74 Å². The molecular weight excluding hydrogens is 312 g/mol. The van der Waals surface area contributed by atoms with Crippen molar-refractivity contribution in [1.29, 1.82) is 0 Å². The van der Waals surface area contributed by atoms with E-state index in [1.165, 1.54) is 5.56 Å². The van der Waals surface area contributed by atoms with E-state index in [1.54, 1.807) is 7.11 Å². The van der Waals surface area contributed by atoms with Crippen molar-refractivity contribution in [1.82, 2.24) is 15.2 Å². The van der Waals surface area contributed by atoms with Crippen LogP contribution in [0.2, 0.25) is 0 Å². The highest BCUT2D eigenvalue weighted by Gasteiger charge is 2.23. The third kappa shape index (κ3) is 4.09. The monoisotopic (exact) mass is 340 g/mol. The van der Waals surface area contributed by atoms with E-state index in [4.69, 9.17) is 9.72 Å². The summed E-state index contributed by atoms with van der Waals surface area (Å²) in [5.74, 6) is 2.48. The van der Waals surface area contributed by atoms with E-state index in [0.717, 1.165) is 68.3 Å². The van der Waals surface area contributed by atoms with Crippen molar-refractivity contribution >= 4 is 5.95 Å². The second-order valence-electron chi connectivity index (χ2n) is 6.66. The van der Waals surface area contributed by atoms with Gasteiger partial charge in [0.2, 0.25) is 5.95 Å². The number of aryl methyl sites for hydroxylation is 2. The lowest BCUT2D eigenvalue weighted by Crippen LogP contribution is -2.36. The molecule has 0 spiro atoms. The molecule has 0 amide bonds. The average Bonchev–Trinajstić information content (AvgIpc) is 2.68. The number of nitrogens with zero attached hydrogens (tertiary/aromatic N) is 4. The van der Waals surface area contributed by atoms with Crippen molar-refractivity contribution in [3.05, 3.63) is 41.2 Å². The van der Waals surface area contributed by atoms with E-state index < -0.39 is 0 Å². The summed E-state index contributed by atoms with van der Waals surface area (Å²) < 4.78 is 5.49. The van der Waals surface area contributed by atoms with Gasteiger partial charge in [-0.3, -0.25) is 0 Å². The highest BCUT2D eigenvalue weighted by Crippen LogP contribution is 2.27. The van der Waals surface area contributed by atoms with Crippen molar-refractivity contribution in [3.8, 4) is 5.75 Å². The van der Waals surface area contributed by atoms with Gasteiger partial charge in [-0.1, -0.05) is 32.0 Å². The lowest BCUT2D eigenvalue weighted by atomic mass is 9.90. The van der Waals surface area contributed by atoms with Gasteiger partial charge in [0.25, 0.3) is 0 Å². The molecule has 2 aromatic rings. The first-order valence-corrected chi connectivity index (χ1v) is 9.34. The Bertz CT molecular complexity index is 696. The molecule has 3 rings (SSSR count). The van der Waals surface area contributed by atoms with Gasteiger partial charge in [-0.05, 0) is 49.7 Å². The van der Waals surface area contributed by atoms with Crippen LogP contribution in [0.1, 0.15) is 43.6 Å². The van der Waals surface area contributed by atoms with Crippen LogP contribution in [0.15, 0.2) is 24.3 Å². The van der Waals surface area contributed by atoms with E-state index in [-0.39, 0.29) is 0 Å². The van der Waals surface area contributed by atoms with Crippen molar-refractivity contribution in [2.24, 2.45) is 5.92 Å². The van der Waals surface area contributed by atoms with Crippen LogP contribution in [-0.4, -0.2) is 35.4 Å². The number of piperidine rings is 1. The van der Waals surface area contributed by atoms with Gasteiger partial charge < -0.3 is 9.64 Å². The fraction of sp³-hybridized carbons (Fsp3) is 0.550. The summed E-state index contributed by atoms with van der Waals surface area (Å²) in [7, 11) is 1.75. The Morgan fingerprint density at radius 1 is 1.04 bits per heavy atom. The van der Waals surface area contributed by atoms with E-state index >= 15 is 0 Å². The quantitative estimate of drug-likeness (QED) is 0.806. The minimum Gasteiger partial charge on any atom is -0.496 e. The van der Waals surface area contributed by atoms with Crippen molar-refractivity contribution in [2.45, 2.75) is 46.0 Å². The number of hydrogen-bond acceptors (Lipinski definition) is 5. The van der Waals surface area contributed by atoms with E-state index in [0.29, 0.717) is 5.92 Å². The molecule has 1 fully saturated rings. The van der Waals surface area contributed by atoms with Crippen LogP contribution in [0.25, 0.3) is 0 Å². The third-order valence-electron chi connectivity index (χ3n) is 5.10.